The SMILES string of the molecule is COC[C@H]1CC2(CCN(C(=O)c3cc(OC)ccc3Cl)CC2)CO1. The molecule has 1 amide bonds. The van der Waals surface area contributed by atoms with E-state index in [1.807, 2.05) is 4.90 Å². The smallest absolute Gasteiger partial charge is 0.255 e. The number of halogens is 1. The lowest BCUT2D eigenvalue weighted by Gasteiger charge is -2.38. The van der Waals surface area contributed by atoms with Crippen molar-refractivity contribution in [2.24, 2.45) is 5.41 Å². The van der Waals surface area contributed by atoms with Crippen LogP contribution < -0.4 is 4.74 Å². The van der Waals surface area contributed by atoms with Gasteiger partial charge in [0.1, 0.15) is 5.75 Å². The van der Waals surface area contributed by atoms with E-state index >= 15 is 0 Å². The van der Waals surface area contributed by atoms with E-state index in [1.165, 1.54) is 0 Å². The number of methoxy groups -OCH3 is 2. The average Bonchev–Trinajstić information content (AvgIpc) is 2.98. The van der Waals surface area contributed by atoms with Crippen LogP contribution in [0.1, 0.15) is 29.6 Å². The Kier molecular flexibility index (Phi) is 5.33. The van der Waals surface area contributed by atoms with Gasteiger partial charge in [0.2, 0.25) is 0 Å². The van der Waals surface area contributed by atoms with E-state index in [1.54, 1.807) is 32.4 Å². The largest absolute Gasteiger partial charge is 0.497 e. The van der Waals surface area contributed by atoms with Gasteiger partial charge in [-0.2, -0.15) is 0 Å². The number of hydrogen-bond acceptors (Lipinski definition) is 4. The second-order valence-corrected chi connectivity index (χ2v) is 7.14. The Morgan fingerprint density at radius 2 is 2.12 bits per heavy atom. The molecular weight excluding hydrogens is 330 g/mol. The molecule has 1 atom stereocenters. The second-order valence-electron chi connectivity index (χ2n) is 6.73. The van der Waals surface area contributed by atoms with Crippen LogP contribution in [-0.4, -0.2) is 57.4 Å². The van der Waals surface area contributed by atoms with E-state index in [2.05, 4.69) is 0 Å². The zero-order valence-corrected chi connectivity index (χ0v) is 15.0. The first-order valence-corrected chi connectivity index (χ1v) is 8.68. The molecule has 0 aliphatic carbocycles. The summed E-state index contributed by atoms with van der Waals surface area (Å²) in [4.78, 5) is 14.7. The number of likely N-dealkylation sites (tertiary alicyclic amines) is 1. The van der Waals surface area contributed by atoms with Crippen LogP contribution in [-0.2, 0) is 9.47 Å². The fourth-order valence-corrected chi connectivity index (χ4v) is 3.88. The summed E-state index contributed by atoms with van der Waals surface area (Å²) in [5.41, 5.74) is 0.699. The van der Waals surface area contributed by atoms with Crippen molar-refractivity contribution in [1.29, 1.82) is 0 Å². The monoisotopic (exact) mass is 353 g/mol. The maximum atomic E-state index is 12.8. The van der Waals surface area contributed by atoms with E-state index < -0.39 is 0 Å². The van der Waals surface area contributed by atoms with E-state index in [9.17, 15) is 4.79 Å². The van der Waals surface area contributed by atoms with Gasteiger partial charge in [-0.1, -0.05) is 11.6 Å². The number of hydrogen-bond donors (Lipinski definition) is 0. The van der Waals surface area contributed by atoms with E-state index in [0.29, 0.717) is 22.9 Å². The van der Waals surface area contributed by atoms with Gasteiger partial charge in [0.15, 0.2) is 0 Å². The van der Waals surface area contributed by atoms with Crippen LogP contribution in [0.25, 0.3) is 0 Å². The van der Waals surface area contributed by atoms with Crippen LogP contribution in [0.15, 0.2) is 18.2 Å². The maximum absolute atomic E-state index is 12.8. The van der Waals surface area contributed by atoms with Crippen LogP contribution in [0.2, 0.25) is 5.02 Å². The van der Waals surface area contributed by atoms with Crippen molar-refractivity contribution in [2.75, 3.05) is 40.5 Å². The predicted molar refractivity (Wildman–Crippen MR) is 91.8 cm³/mol. The van der Waals surface area contributed by atoms with Crippen molar-refractivity contribution in [1.82, 2.24) is 4.90 Å². The molecule has 1 spiro atoms. The number of benzene rings is 1. The molecule has 5 nitrogen and oxygen atoms in total. The van der Waals surface area contributed by atoms with Crippen molar-refractivity contribution in [2.45, 2.75) is 25.4 Å². The normalized spacial score (nSPS) is 22.8. The highest BCUT2D eigenvalue weighted by Gasteiger charge is 2.43. The van der Waals surface area contributed by atoms with Crippen molar-refractivity contribution in [3.63, 3.8) is 0 Å². The van der Waals surface area contributed by atoms with Crippen LogP contribution in [0.4, 0.5) is 0 Å². The van der Waals surface area contributed by atoms with Crippen molar-refractivity contribution in [3.05, 3.63) is 28.8 Å². The Labute approximate surface area is 147 Å². The number of nitrogens with zero attached hydrogens (tertiary/aromatic N) is 1. The summed E-state index contributed by atoms with van der Waals surface area (Å²) in [6.45, 7) is 2.87. The molecule has 2 aliphatic rings. The number of carbonyl (C=O) groups excluding carboxylic acids is 1. The predicted octanol–water partition coefficient (Wildman–Crippen LogP) is 3.01. The first-order valence-electron chi connectivity index (χ1n) is 8.30. The third-order valence-corrected chi connectivity index (χ3v) is 5.48. The third-order valence-electron chi connectivity index (χ3n) is 5.15. The lowest BCUT2D eigenvalue weighted by Crippen LogP contribution is -2.43. The highest BCUT2D eigenvalue weighted by molar-refractivity contribution is 6.33. The summed E-state index contributed by atoms with van der Waals surface area (Å²) in [6, 6.07) is 5.18. The molecular formula is C18H24ClNO4. The zero-order valence-electron chi connectivity index (χ0n) is 14.2. The Balaban J connectivity index is 1.64. The van der Waals surface area contributed by atoms with Crippen molar-refractivity contribution in [3.8, 4) is 5.75 Å². The number of ether oxygens (including phenoxy) is 3. The zero-order chi connectivity index (χ0) is 17.2. The molecule has 1 aromatic rings. The van der Waals surface area contributed by atoms with E-state index in [4.69, 9.17) is 25.8 Å². The van der Waals surface area contributed by atoms with Gasteiger partial charge < -0.3 is 19.1 Å². The van der Waals surface area contributed by atoms with Crippen LogP contribution in [0, 0.1) is 5.41 Å². The fourth-order valence-electron chi connectivity index (χ4n) is 3.69. The summed E-state index contributed by atoms with van der Waals surface area (Å²) in [5.74, 6) is 0.615. The van der Waals surface area contributed by atoms with Gasteiger partial charge in [0.25, 0.3) is 5.91 Å². The molecule has 0 saturated carbocycles. The summed E-state index contributed by atoms with van der Waals surface area (Å²) >= 11 is 6.20. The van der Waals surface area contributed by atoms with Crippen LogP contribution in [0.3, 0.4) is 0 Å². The Hall–Kier alpha value is -1.30. The number of rotatable bonds is 4. The van der Waals surface area contributed by atoms with E-state index in [0.717, 1.165) is 39.0 Å². The van der Waals surface area contributed by atoms with E-state index in [-0.39, 0.29) is 17.4 Å². The second kappa shape index (κ2) is 7.30. The minimum absolute atomic E-state index is 0.0268. The van der Waals surface area contributed by atoms with Gasteiger partial charge in [-0.3, -0.25) is 4.79 Å². The Morgan fingerprint density at radius 1 is 1.38 bits per heavy atom. The highest BCUT2D eigenvalue weighted by atomic mass is 35.5. The molecule has 0 unspecified atom stereocenters. The number of amides is 1. The fraction of sp³-hybridized carbons (Fsp3) is 0.611. The molecule has 2 heterocycles. The summed E-state index contributed by atoms with van der Waals surface area (Å²) in [6.07, 6.45) is 3.12. The molecule has 0 radical (unpaired) electrons. The molecule has 0 bridgehead atoms. The Bertz CT molecular complexity index is 599. The third kappa shape index (κ3) is 3.53. The van der Waals surface area contributed by atoms with Gasteiger partial charge in [0, 0.05) is 20.2 Å². The first kappa shape index (κ1) is 17.5. The topological polar surface area (TPSA) is 48.0 Å². The first-order chi connectivity index (χ1) is 11.6. The molecule has 2 aliphatic heterocycles. The summed E-state index contributed by atoms with van der Waals surface area (Å²) in [7, 11) is 3.28. The number of piperidine rings is 1. The lowest BCUT2D eigenvalue weighted by atomic mass is 9.76. The quantitative estimate of drug-likeness (QED) is 0.834. The van der Waals surface area contributed by atoms with Crippen LogP contribution in [0.5, 0.6) is 5.75 Å². The summed E-state index contributed by atoms with van der Waals surface area (Å²) < 4.78 is 16.2. The summed E-state index contributed by atoms with van der Waals surface area (Å²) in [5, 5.41) is 0.463. The molecule has 0 N–H and O–H groups in total. The van der Waals surface area contributed by atoms with Gasteiger partial charge in [0.05, 0.1) is 37.0 Å². The van der Waals surface area contributed by atoms with Crippen molar-refractivity contribution < 1.29 is 19.0 Å². The van der Waals surface area contributed by atoms with Crippen molar-refractivity contribution >= 4 is 17.5 Å². The van der Waals surface area contributed by atoms with Crippen LogP contribution >= 0.6 is 11.6 Å². The van der Waals surface area contributed by atoms with Gasteiger partial charge in [-0.05, 0) is 42.9 Å². The molecule has 6 heteroatoms. The standard InChI is InChI=1S/C18H24ClNO4/c1-22-11-14-10-18(12-24-14)5-7-20(8-6-18)17(21)15-9-13(23-2)3-4-16(15)19/h3-4,9,14H,5-8,10-12H2,1-2H3/t14-/m1/s1. The minimum Gasteiger partial charge on any atom is -0.497 e. The molecule has 3 rings (SSSR count). The average molecular weight is 354 g/mol. The Morgan fingerprint density at radius 3 is 2.79 bits per heavy atom. The number of carbonyl (C=O) groups is 1. The van der Waals surface area contributed by atoms with Gasteiger partial charge in [-0.15, -0.1) is 0 Å². The minimum atomic E-state index is -0.0268. The maximum Gasteiger partial charge on any atom is 0.255 e. The highest BCUT2D eigenvalue weighted by Crippen LogP contribution is 2.42. The molecule has 2 fully saturated rings. The lowest BCUT2D eigenvalue weighted by molar-refractivity contribution is 0.0281. The van der Waals surface area contributed by atoms with Gasteiger partial charge in [-0.25, -0.2) is 0 Å². The molecule has 132 valence electrons. The molecule has 1 aromatic carbocycles. The molecule has 0 aromatic heterocycles. The van der Waals surface area contributed by atoms with Gasteiger partial charge >= 0.3 is 0 Å². The molecule has 2 saturated heterocycles. The molecule has 24 heavy (non-hydrogen) atoms.